The molecule has 1 aromatic carbocycles. The molecule has 23 heavy (non-hydrogen) atoms. The summed E-state index contributed by atoms with van der Waals surface area (Å²) in [7, 11) is 1.84. The lowest BCUT2D eigenvalue weighted by Gasteiger charge is -2.23. The van der Waals surface area contributed by atoms with Gasteiger partial charge in [0.25, 0.3) is 0 Å². The van der Waals surface area contributed by atoms with Crippen LogP contribution in [0, 0.1) is 0 Å². The Morgan fingerprint density at radius 1 is 1.17 bits per heavy atom. The number of hydrogen-bond acceptors (Lipinski definition) is 4. The maximum atomic E-state index is 5.95. The lowest BCUT2D eigenvalue weighted by molar-refractivity contribution is 0.465. The van der Waals surface area contributed by atoms with Crippen molar-refractivity contribution in [3.63, 3.8) is 0 Å². The molecule has 3 rings (SSSR count). The lowest BCUT2D eigenvalue weighted by Crippen LogP contribution is -2.14. The molecule has 0 aliphatic rings. The first-order chi connectivity index (χ1) is 10.9. The highest BCUT2D eigenvalue weighted by molar-refractivity contribution is 9.10. The van der Waals surface area contributed by atoms with Crippen LogP contribution in [0.25, 0.3) is 11.0 Å². The van der Waals surface area contributed by atoms with Crippen LogP contribution < -0.4 is 4.74 Å². The van der Waals surface area contributed by atoms with E-state index in [1.165, 1.54) is 11.9 Å². The van der Waals surface area contributed by atoms with Gasteiger partial charge < -0.3 is 4.74 Å². The standard InChI is InChI=1S/C17H19BrN4O/c1-5-17(2,3)11-6-8-12(9-7-11)23-16-13-14(18)21-22(4)15(13)19-10-20-16/h6-10H,5H2,1-4H3. The van der Waals surface area contributed by atoms with E-state index in [9.17, 15) is 0 Å². The Kier molecular flexibility index (Phi) is 4.10. The molecule has 0 aliphatic heterocycles. The van der Waals surface area contributed by atoms with Crippen LogP contribution in [-0.2, 0) is 12.5 Å². The first-order valence-corrected chi connectivity index (χ1v) is 8.33. The lowest BCUT2D eigenvalue weighted by atomic mass is 9.82. The molecule has 0 aliphatic carbocycles. The minimum absolute atomic E-state index is 0.160. The van der Waals surface area contributed by atoms with Crippen molar-refractivity contribution >= 4 is 27.0 Å². The Bertz CT molecular complexity index is 840. The highest BCUT2D eigenvalue weighted by Crippen LogP contribution is 2.33. The summed E-state index contributed by atoms with van der Waals surface area (Å²) in [6.07, 6.45) is 2.57. The molecule has 0 amide bonds. The summed E-state index contributed by atoms with van der Waals surface area (Å²) in [4.78, 5) is 8.49. The summed E-state index contributed by atoms with van der Waals surface area (Å²) >= 11 is 3.44. The smallest absolute Gasteiger partial charge is 0.234 e. The molecule has 0 saturated carbocycles. The van der Waals surface area contributed by atoms with Crippen LogP contribution in [0.4, 0.5) is 0 Å². The quantitative estimate of drug-likeness (QED) is 0.669. The molecule has 0 saturated heterocycles. The summed E-state index contributed by atoms with van der Waals surface area (Å²) in [5, 5.41) is 5.07. The van der Waals surface area contributed by atoms with Gasteiger partial charge in [-0.3, -0.25) is 0 Å². The zero-order valence-electron chi connectivity index (χ0n) is 13.7. The van der Waals surface area contributed by atoms with Gasteiger partial charge in [-0.1, -0.05) is 32.9 Å². The number of aromatic nitrogens is 4. The number of fused-ring (bicyclic) bond motifs is 1. The van der Waals surface area contributed by atoms with Gasteiger partial charge in [0.15, 0.2) is 5.65 Å². The first-order valence-electron chi connectivity index (χ1n) is 7.54. The second-order valence-electron chi connectivity index (χ2n) is 6.16. The average Bonchev–Trinajstić information content (AvgIpc) is 2.83. The topological polar surface area (TPSA) is 52.8 Å². The maximum Gasteiger partial charge on any atom is 0.234 e. The van der Waals surface area contributed by atoms with Gasteiger partial charge in [-0.05, 0) is 45.5 Å². The molecule has 0 unspecified atom stereocenters. The average molecular weight is 375 g/mol. The number of benzene rings is 1. The zero-order chi connectivity index (χ0) is 16.6. The van der Waals surface area contributed by atoms with E-state index in [1.54, 1.807) is 4.68 Å². The van der Waals surface area contributed by atoms with Crippen LogP contribution >= 0.6 is 15.9 Å². The van der Waals surface area contributed by atoms with Crippen molar-refractivity contribution in [3.8, 4) is 11.6 Å². The molecule has 3 aromatic rings. The van der Waals surface area contributed by atoms with Crippen molar-refractivity contribution in [3.05, 3.63) is 40.8 Å². The predicted octanol–water partition coefficient (Wildman–Crippen LogP) is 4.61. The minimum atomic E-state index is 0.160. The molecule has 0 N–H and O–H groups in total. The third-order valence-corrected chi connectivity index (χ3v) is 4.83. The number of hydrogen-bond donors (Lipinski definition) is 0. The van der Waals surface area contributed by atoms with Crippen molar-refractivity contribution in [2.75, 3.05) is 0 Å². The van der Waals surface area contributed by atoms with Gasteiger partial charge >= 0.3 is 0 Å². The second-order valence-corrected chi connectivity index (χ2v) is 6.91. The van der Waals surface area contributed by atoms with E-state index in [0.717, 1.165) is 23.2 Å². The largest absolute Gasteiger partial charge is 0.438 e. The molecule has 5 nitrogen and oxygen atoms in total. The SMILES string of the molecule is CCC(C)(C)c1ccc(Oc2ncnc3c2c(Br)nn3C)cc1. The fraction of sp³-hybridized carbons (Fsp3) is 0.353. The number of ether oxygens (including phenoxy) is 1. The van der Waals surface area contributed by atoms with E-state index < -0.39 is 0 Å². The van der Waals surface area contributed by atoms with Crippen LogP contribution in [0.5, 0.6) is 11.6 Å². The molecule has 0 atom stereocenters. The normalized spacial score (nSPS) is 11.9. The van der Waals surface area contributed by atoms with Gasteiger partial charge in [-0.25, -0.2) is 14.6 Å². The highest BCUT2D eigenvalue weighted by atomic mass is 79.9. The number of nitrogens with zero attached hydrogens (tertiary/aromatic N) is 4. The van der Waals surface area contributed by atoms with E-state index in [4.69, 9.17) is 4.74 Å². The monoisotopic (exact) mass is 374 g/mol. The summed E-state index contributed by atoms with van der Waals surface area (Å²) in [6, 6.07) is 8.17. The zero-order valence-corrected chi connectivity index (χ0v) is 15.3. The Morgan fingerprint density at radius 2 is 1.87 bits per heavy atom. The van der Waals surface area contributed by atoms with Gasteiger partial charge in [-0.2, -0.15) is 5.10 Å². The number of aryl methyl sites for hydroxylation is 1. The Morgan fingerprint density at radius 3 is 2.52 bits per heavy atom. The minimum Gasteiger partial charge on any atom is -0.438 e. The van der Waals surface area contributed by atoms with Crippen molar-refractivity contribution in [2.24, 2.45) is 7.05 Å². The Labute approximate surface area is 143 Å². The van der Waals surface area contributed by atoms with Crippen molar-refractivity contribution in [1.82, 2.24) is 19.7 Å². The molecule has 0 bridgehead atoms. The van der Waals surface area contributed by atoms with Crippen molar-refractivity contribution < 1.29 is 4.74 Å². The molecular formula is C17H19BrN4O. The van der Waals surface area contributed by atoms with Gasteiger partial charge in [0.05, 0.1) is 0 Å². The Balaban J connectivity index is 1.94. The fourth-order valence-electron chi connectivity index (χ4n) is 2.38. The Hall–Kier alpha value is -1.95. The molecule has 0 radical (unpaired) electrons. The van der Waals surface area contributed by atoms with Crippen LogP contribution in [0.3, 0.4) is 0 Å². The van der Waals surface area contributed by atoms with E-state index >= 15 is 0 Å². The molecule has 2 aromatic heterocycles. The van der Waals surface area contributed by atoms with Crippen molar-refractivity contribution in [2.45, 2.75) is 32.6 Å². The van der Waals surface area contributed by atoms with Gasteiger partial charge in [0.2, 0.25) is 5.88 Å². The van der Waals surface area contributed by atoms with Crippen molar-refractivity contribution in [1.29, 1.82) is 0 Å². The number of rotatable bonds is 4. The highest BCUT2D eigenvalue weighted by Gasteiger charge is 2.18. The van der Waals surface area contributed by atoms with E-state index in [2.05, 4.69) is 63.9 Å². The summed E-state index contributed by atoms with van der Waals surface area (Å²) in [6.45, 7) is 6.68. The second kappa shape index (κ2) is 5.92. The van der Waals surface area contributed by atoms with Crippen LogP contribution in [0.15, 0.2) is 35.2 Å². The van der Waals surface area contributed by atoms with E-state index in [0.29, 0.717) is 10.5 Å². The number of halogens is 1. The van der Waals surface area contributed by atoms with Crippen LogP contribution in [0.1, 0.15) is 32.8 Å². The third kappa shape index (κ3) is 2.95. The molecule has 120 valence electrons. The molecule has 0 spiro atoms. The molecule has 0 fully saturated rings. The van der Waals surface area contributed by atoms with E-state index in [-0.39, 0.29) is 5.41 Å². The molecular weight excluding hydrogens is 356 g/mol. The summed E-state index contributed by atoms with van der Waals surface area (Å²) < 4.78 is 8.32. The predicted molar refractivity (Wildman–Crippen MR) is 93.8 cm³/mol. The first kappa shape index (κ1) is 15.9. The third-order valence-electron chi connectivity index (χ3n) is 4.28. The van der Waals surface area contributed by atoms with E-state index in [1.807, 2.05) is 19.2 Å². The fourth-order valence-corrected chi connectivity index (χ4v) is 2.97. The molecule has 2 heterocycles. The van der Waals surface area contributed by atoms with Gasteiger partial charge in [0, 0.05) is 7.05 Å². The van der Waals surface area contributed by atoms with Crippen LogP contribution in [0.2, 0.25) is 0 Å². The maximum absolute atomic E-state index is 5.95. The van der Waals surface area contributed by atoms with Gasteiger partial charge in [0.1, 0.15) is 22.1 Å². The summed E-state index contributed by atoms with van der Waals surface area (Å²) in [5.41, 5.74) is 2.18. The molecule has 6 heteroatoms. The summed E-state index contributed by atoms with van der Waals surface area (Å²) in [5.74, 6) is 1.24. The van der Waals surface area contributed by atoms with Crippen LogP contribution in [-0.4, -0.2) is 19.7 Å². The van der Waals surface area contributed by atoms with Gasteiger partial charge in [-0.15, -0.1) is 0 Å².